The van der Waals surface area contributed by atoms with E-state index >= 15 is 0 Å². The number of anilines is 1. The fourth-order valence-corrected chi connectivity index (χ4v) is 2.91. The maximum absolute atomic E-state index is 12.1. The number of nitrogens with one attached hydrogen (secondary N) is 1. The molecule has 9 nitrogen and oxygen atoms in total. The van der Waals surface area contributed by atoms with Crippen molar-refractivity contribution in [1.29, 1.82) is 0 Å². The molecule has 1 N–H and O–H groups in total. The van der Waals surface area contributed by atoms with Crippen LogP contribution in [0.3, 0.4) is 0 Å². The van der Waals surface area contributed by atoms with Gasteiger partial charge in [-0.2, -0.15) is 0 Å². The van der Waals surface area contributed by atoms with Gasteiger partial charge in [0.1, 0.15) is 12.4 Å². The minimum Gasteiger partial charge on any atom is -0.491 e. The third-order valence-electron chi connectivity index (χ3n) is 4.59. The highest BCUT2D eigenvalue weighted by Gasteiger charge is 2.17. The molecule has 1 heterocycles. The molecule has 158 valence electrons. The number of nitro groups is 1. The van der Waals surface area contributed by atoms with Crippen LogP contribution in [-0.4, -0.2) is 42.7 Å². The topological polar surface area (TPSA) is 117 Å². The van der Waals surface area contributed by atoms with Crippen molar-refractivity contribution in [3.05, 3.63) is 63.7 Å². The molecule has 1 fully saturated rings. The van der Waals surface area contributed by atoms with Gasteiger partial charge in [0.25, 0.3) is 11.6 Å². The van der Waals surface area contributed by atoms with Crippen LogP contribution in [0.5, 0.6) is 5.75 Å². The van der Waals surface area contributed by atoms with Gasteiger partial charge in [0.15, 0.2) is 6.61 Å². The Morgan fingerprint density at radius 3 is 2.67 bits per heavy atom. The number of carbonyl (C=O) groups excluding carboxylic acids is 2. The molecule has 1 aliphatic rings. The molecule has 0 radical (unpaired) electrons. The van der Waals surface area contributed by atoms with E-state index in [9.17, 15) is 19.7 Å². The first-order valence-electron chi connectivity index (χ1n) is 9.49. The summed E-state index contributed by atoms with van der Waals surface area (Å²) in [6.07, 6.45) is 2.11. The Bertz CT molecular complexity index is 921. The minimum absolute atomic E-state index is 0.0999. The Morgan fingerprint density at radius 1 is 1.23 bits per heavy atom. The molecule has 3 rings (SSSR count). The largest absolute Gasteiger partial charge is 0.491 e. The molecule has 0 aliphatic carbocycles. The summed E-state index contributed by atoms with van der Waals surface area (Å²) in [5.74, 6) is -0.643. The van der Waals surface area contributed by atoms with E-state index < -0.39 is 23.4 Å². The van der Waals surface area contributed by atoms with Crippen molar-refractivity contribution in [2.75, 3.05) is 25.1 Å². The summed E-state index contributed by atoms with van der Waals surface area (Å²) in [5.41, 5.74) is 1.07. The monoisotopic (exact) mass is 414 g/mol. The second-order valence-corrected chi connectivity index (χ2v) is 6.85. The standard InChI is InChI=1S/C21H22N2O7/c1-14-4-7-16(23(26)27)11-19(14)22-20(24)13-30-21(25)15-5-8-17(9-6-15)29-12-18-3-2-10-28-18/h4-9,11,18H,2-3,10,12-13H2,1H3,(H,22,24)/t18-/m0/s1. The summed E-state index contributed by atoms with van der Waals surface area (Å²) in [7, 11) is 0. The van der Waals surface area contributed by atoms with Crippen LogP contribution in [0.4, 0.5) is 11.4 Å². The number of rotatable bonds is 8. The SMILES string of the molecule is Cc1ccc([N+](=O)[O-])cc1NC(=O)COC(=O)c1ccc(OC[C@@H]2CCCO2)cc1. The third kappa shape index (κ3) is 5.77. The second kappa shape index (κ2) is 9.84. The Balaban J connectivity index is 1.48. The number of ether oxygens (including phenoxy) is 3. The second-order valence-electron chi connectivity index (χ2n) is 6.85. The average Bonchev–Trinajstić information content (AvgIpc) is 3.26. The van der Waals surface area contributed by atoms with Gasteiger partial charge in [0, 0.05) is 18.7 Å². The van der Waals surface area contributed by atoms with Crippen LogP contribution < -0.4 is 10.1 Å². The van der Waals surface area contributed by atoms with Gasteiger partial charge in [0.2, 0.25) is 0 Å². The lowest BCUT2D eigenvalue weighted by molar-refractivity contribution is -0.384. The summed E-state index contributed by atoms with van der Waals surface area (Å²) in [6.45, 7) is 2.40. The van der Waals surface area contributed by atoms with Gasteiger partial charge in [-0.25, -0.2) is 4.79 Å². The molecule has 2 aromatic rings. The molecule has 1 aliphatic heterocycles. The number of aryl methyl sites for hydroxylation is 1. The van der Waals surface area contributed by atoms with Gasteiger partial charge in [-0.1, -0.05) is 6.07 Å². The van der Waals surface area contributed by atoms with Gasteiger partial charge in [-0.05, 0) is 49.6 Å². The molecule has 1 atom stereocenters. The van der Waals surface area contributed by atoms with Gasteiger partial charge in [-0.15, -0.1) is 0 Å². The van der Waals surface area contributed by atoms with E-state index in [1.807, 2.05) is 0 Å². The fraction of sp³-hybridized carbons (Fsp3) is 0.333. The third-order valence-corrected chi connectivity index (χ3v) is 4.59. The van der Waals surface area contributed by atoms with E-state index in [0.29, 0.717) is 17.9 Å². The van der Waals surface area contributed by atoms with Crippen LogP contribution in [0, 0.1) is 17.0 Å². The first kappa shape index (κ1) is 21.3. The first-order chi connectivity index (χ1) is 14.4. The van der Waals surface area contributed by atoms with Crippen LogP contribution in [-0.2, 0) is 14.3 Å². The maximum atomic E-state index is 12.1. The molecule has 0 saturated carbocycles. The quantitative estimate of drug-likeness (QED) is 0.400. The molecule has 30 heavy (non-hydrogen) atoms. The molecule has 0 spiro atoms. The minimum atomic E-state index is -0.661. The molecule has 0 unspecified atom stereocenters. The number of esters is 1. The zero-order valence-electron chi connectivity index (χ0n) is 16.5. The Labute approximate surface area is 173 Å². The van der Waals surface area contributed by atoms with Crippen molar-refractivity contribution in [2.24, 2.45) is 0 Å². The zero-order valence-corrected chi connectivity index (χ0v) is 16.5. The van der Waals surface area contributed by atoms with E-state index in [2.05, 4.69) is 5.32 Å². The summed E-state index contributed by atoms with van der Waals surface area (Å²) in [5, 5.41) is 13.4. The highest BCUT2D eigenvalue weighted by molar-refractivity contribution is 5.96. The van der Waals surface area contributed by atoms with E-state index in [4.69, 9.17) is 14.2 Å². The maximum Gasteiger partial charge on any atom is 0.338 e. The highest BCUT2D eigenvalue weighted by atomic mass is 16.6. The molecular formula is C21H22N2O7. The molecule has 9 heteroatoms. The Hall–Kier alpha value is -3.46. The molecule has 1 amide bonds. The number of hydrogen-bond acceptors (Lipinski definition) is 7. The number of amides is 1. The molecular weight excluding hydrogens is 392 g/mol. The first-order valence-corrected chi connectivity index (χ1v) is 9.49. The average molecular weight is 414 g/mol. The summed E-state index contributed by atoms with van der Waals surface area (Å²) >= 11 is 0. The van der Waals surface area contributed by atoms with E-state index in [1.165, 1.54) is 18.2 Å². The number of nitrogens with zero attached hydrogens (tertiary/aromatic N) is 1. The molecule has 0 bridgehead atoms. The Morgan fingerprint density at radius 2 is 2.00 bits per heavy atom. The normalized spacial score (nSPS) is 15.4. The van der Waals surface area contributed by atoms with Gasteiger partial charge >= 0.3 is 5.97 Å². The summed E-state index contributed by atoms with van der Waals surface area (Å²) < 4.78 is 16.1. The van der Waals surface area contributed by atoms with Crippen LogP contribution in [0.1, 0.15) is 28.8 Å². The van der Waals surface area contributed by atoms with Crippen LogP contribution in [0.2, 0.25) is 0 Å². The van der Waals surface area contributed by atoms with Crippen LogP contribution in [0.15, 0.2) is 42.5 Å². The molecule has 1 saturated heterocycles. The van der Waals surface area contributed by atoms with E-state index in [0.717, 1.165) is 19.4 Å². The lowest BCUT2D eigenvalue weighted by Gasteiger charge is -2.12. The lowest BCUT2D eigenvalue weighted by Crippen LogP contribution is -2.21. The fourth-order valence-electron chi connectivity index (χ4n) is 2.91. The molecule has 2 aromatic carbocycles. The number of benzene rings is 2. The van der Waals surface area contributed by atoms with Crippen LogP contribution in [0.25, 0.3) is 0 Å². The van der Waals surface area contributed by atoms with Crippen molar-refractivity contribution in [2.45, 2.75) is 25.9 Å². The summed E-state index contributed by atoms with van der Waals surface area (Å²) in [6, 6.07) is 10.5. The van der Waals surface area contributed by atoms with E-state index in [-0.39, 0.29) is 23.0 Å². The van der Waals surface area contributed by atoms with Crippen LogP contribution >= 0.6 is 0 Å². The predicted molar refractivity (Wildman–Crippen MR) is 108 cm³/mol. The highest BCUT2D eigenvalue weighted by Crippen LogP contribution is 2.22. The van der Waals surface area contributed by atoms with E-state index in [1.54, 1.807) is 31.2 Å². The summed E-state index contributed by atoms with van der Waals surface area (Å²) in [4.78, 5) is 34.5. The van der Waals surface area contributed by atoms with Crippen molar-refractivity contribution in [3.63, 3.8) is 0 Å². The van der Waals surface area contributed by atoms with Crippen molar-refractivity contribution in [3.8, 4) is 5.75 Å². The van der Waals surface area contributed by atoms with Crippen molar-refractivity contribution >= 4 is 23.3 Å². The lowest BCUT2D eigenvalue weighted by atomic mass is 10.2. The molecule has 0 aromatic heterocycles. The number of hydrogen-bond donors (Lipinski definition) is 1. The predicted octanol–water partition coefficient (Wildman–Crippen LogP) is 3.26. The number of nitro benzene ring substituents is 1. The zero-order chi connectivity index (χ0) is 21.5. The van der Waals surface area contributed by atoms with Gasteiger partial charge < -0.3 is 19.5 Å². The number of carbonyl (C=O) groups is 2. The van der Waals surface area contributed by atoms with Crippen molar-refractivity contribution < 1.29 is 28.7 Å². The van der Waals surface area contributed by atoms with Gasteiger partial charge in [-0.3, -0.25) is 14.9 Å². The van der Waals surface area contributed by atoms with Gasteiger partial charge in [0.05, 0.1) is 22.3 Å². The Kier molecular flexibility index (Phi) is 6.97. The smallest absolute Gasteiger partial charge is 0.338 e. The van der Waals surface area contributed by atoms with Crippen molar-refractivity contribution in [1.82, 2.24) is 0 Å². The number of non-ortho nitro benzene ring substituents is 1.